The van der Waals surface area contributed by atoms with E-state index in [1.165, 1.54) is 17.5 Å². The van der Waals surface area contributed by atoms with E-state index in [-0.39, 0.29) is 5.91 Å². The average Bonchev–Trinajstić information content (AvgIpc) is 2.87. The third-order valence-electron chi connectivity index (χ3n) is 1.94. The van der Waals surface area contributed by atoms with E-state index in [0.29, 0.717) is 16.6 Å². The number of aromatic nitrogens is 4. The first-order valence-corrected chi connectivity index (χ1v) is 5.66. The number of hydrogen-bond donors (Lipinski definition) is 2. The van der Waals surface area contributed by atoms with Crippen LogP contribution in [-0.4, -0.2) is 26.1 Å². The molecule has 7 heteroatoms. The normalized spacial score (nSPS) is 10.4. The van der Waals surface area contributed by atoms with Crippen molar-refractivity contribution < 1.29 is 4.79 Å². The van der Waals surface area contributed by atoms with Gasteiger partial charge in [0.25, 0.3) is 5.91 Å². The first-order chi connectivity index (χ1) is 7.69. The van der Waals surface area contributed by atoms with Crippen LogP contribution in [0.1, 0.15) is 28.2 Å². The van der Waals surface area contributed by atoms with Gasteiger partial charge in [-0.25, -0.2) is 4.98 Å². The van der Waals surface area contributed by atoms with Crippen molar-refractivity contribution in [3.8, 4) is 0 Å². The fourth-order valence-electron chi connectivity index (χ4n) is 1.15. The Bertz CT molecular complexity index is 503. The maximum absolute atomic E-state index is 11.7. The van der Waals surface area contributed by atoms with Crippen molar-refractivity contribution in [1.29, 1.82) is 0 Å². The number of carbonyl (C=O) groups excluding carboxylic acids is 1. The predicted molar refractivity (Wildman–Crippen MR) is 60.6 cm³/mol. The van der Waals surface area contributed by atoms with Crippen LogP contribution in [0.2, 0.25) is 0 Å². The van der Waals surface area contributed by atoms with Crippen LogP contribution >= 0.6 is 11.3 Å². The summed E-state index contributed by atoms with van der Waals surface area (Å²) in [6, 6.07) is 0. The van der Waals surface area contributed by atoms with E-state index < -0.39 is 0 Å². The lowest BCUT2D eigenvalue weighted by molar-refractivity contribution is 0.102. The quantitative estimate of drug-likeness (QED) is 0.844. The molecule has 0 unspecified atom stereocenters. The molecule has 0 saturated carbocycles. The number of H-pyrrole nitrogens is 1. The topological polar surface area (TPSA) is 83.6 Å². The van der Waals surface area contributed by atoms with Crippen LogP contribution < -0.4 is 5.32 Å². The van der Waals surface area contributed by atoms with Crippen molar-refractivity contribution in [2.24, 2.45) is 0 Å². The Hall–Kier alpha value is -1.76. The van der Waals surface area contributed by atoms with E-state index in [4.69, 9.17) is 0 Å². The molecule has 0 atom stereocenters. The summed E-state index contributed by atoms with van der Waals surface area (Å²) in [5.41, 5.74) is 0.422. The number of anilines is 1. The monoisotopic (exact) mass is 237 g/mol. The third kappa shape index (κ3) is 2.25. The summed E-state index contributed by atoms with van der Waals surface area (Å²) in [5, 5.41) is 11.8. The van der Waals surface area contributed by atoms with E-state index in [1.807, 2.05) is 6.92 Å². The molecule has 84 valence electrons. The van der Waals surface area contributed by atoms with Crippen molar-refractivity contribution in [3.05, 3.63) is 22.7 Å². The number of aryl methyl sites for hydroxylation is 2. The summed E-state index contributed by atoms with van der Waals surface area (Å²) >= 11 is 1.37. The smallest absolute Gasteiger partial charge is 0.275 e. The molecule has 0 aliphatic rings. The average molecular weight is 237 g/mol. The second-order valence-corrected chi connectivity index (χ2v) is 4.25. The molecule has 2 N–H and O–H groups in total. The first kappa shape index (κ1) is 10.7. The number of imidazole rings is 1. The Morgan fingerprint density at radius 1 is 1.56 bits per heavy atom. The number of nitrogens with zero attached hydrogens (tertiary/aromatic N) is 3. The third-order valence-corrected chi connectivity index (χ3v) is 2.92. The second-order valence-electron chi connectivity index (χ2n) is 3.19. The van der Waals surface area contributed by atoms with Crippen LogP contribution in [0.15, 0.2) is 6.20 Å². The van der Waals surface area contributed by atoms with E-state index >= 15 is 0 Å². The van der Waals surface area contributed by atoms with Crippen LogP contribution in [0.25, 0.3) is 0 Å². The van der Waals surface area contributed by atoms with E-state index in [2.05, 4.69) is 25.5 Å². The molecule has 0 aromatic carbocycles. The van der Waals surface area contributed by atoms with Crippen LogP contribution in [0.3, 0.4) is 0 Å². The highest BCUT2D eigenvalue weighted by Gasteiger charge is 2.11. The summed E-state index contributed by atoms with van der Waals surface area (Å²) in [7, 11) is 0. The van der Waals surface area contributed by atoms with Crippen molar-refractivity contribution in [3.63, 3.8) is 0 Å². The minimum atomic E-state index is -0.251. The second kappa shape index (κ2) is 4.40. The number of amides is 1. The Morgan fingerprint density at radius 2 is 2.38 bits per heavy atom. The van der Waals surface area contributed by atoms with Crippen molar-refractivity contribution in [2.45, 2.75) is 20.3 Å². The van der Waals surface area contributed by atoms with Crippen LogP contribution in [-0.2, 0) is 6.42 Å². The van der Waals surface area contributed by atoms with Gasteiger partial charge in [-0.2, -0.15) is 0 Å². The minimum Gasteiger partial charge on any atom is -0.338 e. The van der Waals surface area contributed by atoms with Crippen molar-refractivity contribution in [2.75, 3.05) is 5.32 Å². The lowest BCUT2D eigenvalue weighted by Crippen LogP contribution is -2.12. The highest BCUT2D eigenvalue weighted by Crippen LogP contribution is 2.15. The Kier molecular flexibility index (Phi) is 2.95. The van der Waals surface area contributed by atoms with E-state index in [1.54, 1.807) is 6.92 Å². The van der Waals surface area contributed by atoms with Crippen molar-refractivity contribution in [1.82, 2.24) is 20.2 Å². The lowest BCUT2D eigenvalue weighted by Gasteiger charge is -1.96. The molecule has 0 bridgehead atoms. The standard InChI is InChI=1S/C9H11N5OS/c1-3-7-13-14-9(16-7)12-8(15)6-4-10-5(2)11-6/h4H,3H2,1-2H3,(H,10,11)(H,12,14,15). The SMILES string of the molecule is CCc1nnc(NC(=O)c2cnc(C)[nH]2)s1. The van der Waals surface area contributed by atoms with Crippen LogP contribution in [0.5, 0.6) is 0 Å². The number of aromatic amines is 1. The molecule has 0 saturated heterocycles. The zero-order valence-corrected chi connectivity index (χ0v) is 9.76. The number of hydrogen-bond acceptors (Lipinski definition) is 5. The summed E-state index contributed by atoms with van der Waals surface area (Å²) in [6.45, 7) is 3.78. The highest BCUT2D eigenvalue weighted by atomic mass is 32.1. The molecule has 2 rings (SSSR count). The maximum atomic E-state index is 11.7. The van der Waals surface area contributed by atoms with Gasteiger partial charge in [0, 0.05) is 0 Å². The number of rotatable bonds is 3. The van der Waals surface area contributed by atoms with Gasteiger partial charge in [-0.15, -0.1) is 10.2 Å². The van der Waals surface area contributed by atoms with Gasteiger partial charge in [0.15, 0.2) is 0 Å². The molecule has 2 aromatic heterocycles. The van der Waals surface area contributed by atoms with Gasteiger partial charge in [-0.1, -0.05) is 18.3 Å². The van der Waals surface area contributed by atoms with Crippen LogP contribution in [0, 0.1) is 6.92 Å². The lowest BCUT2D eigenvalue weighted by atomic mass is 10.4. The molecule has 0 radical (unpaired) electrons. The fourth-order valence-corrected chi connectivity index (χ4v) is 1.82. The zero-order chi connectivity index (χ0) is 11.5. The molecule has 0 aliphatic carbocycles. The Balaban J connectivity index is 2.07. The molecule has 16 heavy (non-hydrogen) atoms. The van der Waals surface area contributed by atoms with E-state index in [9.17, 15) is 4.79 Å². The fraction of sp³-hybridized carbons (Fsp3) is 0.333. The molecular weight excluding hydrogens is 226 g/mol. The summed E-state index contributed by atoms with van der Waals surface area (Å²) in [4.78, 5) is 18.5. The largest absolute Gasteiger partial charge is 0.338 e. The molecular formula is C9H11N5OS. The zero-order valence-electron chi connectivity index (χ0n) is 8.94. The van der Waals surface area contributed by atoms with Gasteiger partial charge in [0.05, 0.1) is 6.20 Å². The predicted octanol–water partition coefficient (Wildman–Crippen LogP) is 1.38. The van der Waals surface area contributed by atoms with Gasteiger partial charge < -0.3 is 4.98 Å². The molecule has 2 aromatic rings. The molecule has 2 heterocycles. The van der Waals surface area contributed by atoms with Gasteiger partial charge in [0.2, 0.25) is 5.13 Å². The maximum Gasteiger partial charge on any atom is 0.275 e. The molecule has 0 aliphatic heterocycles. The highest BCUT2D eigenvalue weighted by molar-refractivity contribution is 7.15. The van der Waals surface area contributed by atoms with Gasteiger partial charge >= 0.3 is 0 Å². The van der Waals surface area contributed by atoms with Gasteiger partial charge in [-0.3, -0.25) is 10.1 Å². The number of nitrogens with one attached hydrogen (secondary N) is 2. The summed E-state index contributed by atoms with van der Waals surface area (Å²) in [6.07, 6.45) is 2.31. The van der Waals surface area contributed by atoms with Gasteiger partial charge in [0.1, 0.15) is 16.5 Å². The molecule has 0 spiro atoms. The summed E-state index contributed by atoms with van der Waals surface area (Å²) in [5.74, 6) is 0.455. The van der Waals surface area contributed by atoms with Gasteiger partial charge in [-0.05, 0) is 13.3 Å². The molecule has 6 nitrogen and oxygen atoms in total. The molecule has 0 fully saturated rings. The van der Waals surface area contributed by atoms with E-state index in [0.717, 1.165) is 11.4 Å². The first-order valence-electron chi connectivity index (χ1n) is 4.84. The Labute approximate surface area is 96.1 Å². The Morgan fingerprint density at radius 3 is 2.94 bits per heavy atom. The van der Waals surface area contributed by atoms with Crippen molar-refractivity contribution >= 4 is 22.4 Å². The number of carbonyl (C=O) groups is 1. The minimum absolute atomic E-state index is 0.251. The summed E-state index contributed by atoms with van der Waals surface area (Å²) < 4.78 is 0. The van der Waals surface area contributed by atoms with Crippen LogP contribution in [0.4, 0.5) is 5.13 Å². The molecule has 1 amide bonds.